The zero-order valence-corrected chi connectivity index (χ0v) is 12.7. The topological polar surface area (TPSA) is 75.6 Å². The first-order valence-electron chi connectivity index (χ1n) is 5.98. The van der Waals surface area contributed by atoms with Crippen molar-refractivity contribution < 1.29 is 19.4 Å². The summed E-state index contributed by atoms with van der Waals surface area (Å²) < 4.78 is 6.37. The molecule has 0 bridgehead atoms. The number of carbonyl (C=O) groups excluding carboxylic acids is 1. The average Bonchev–Trinajstić information content (AvgIpc) is 2.37. The van der Waals surface area contributed by atoms with Gasteiger partial charge in [-0.2, -0.15) is 0 Å². The second-order valence-electron chi connectivity index (χ2n) is 5.02. The van der Waals surface area contributed by atoms with Crippen molar-refractivity contribution >= 4 is 33.9 Å². The Hall–Kier alpha value is -1.82. The van der Waals surface area contributed by atoms with E-state index in [1.54, 1.807) is 6.08 Å². The highest BCUT2D eigenvalue weighted by Crippen LogP contribution is 2.29. The Labute approximate surface area is 124 Å². The molecule has 20 heavy (non-hydrogen) atoms. The molecule has 0 saturated carbocycles. The normalized spacial score (nSPS) is 13.8. The molecule has 0 aromatic heterocycles. The average molecular weight is 340 g/mol. The van der Waals surface area contributed by atoms with Gasteiger partial charge in [-0.25, -0.2) is 4.79 Å². The summed E-state index contributed by atoms with van der Waals surface area (Å²) in [5.41, 5.74) is -0.149. The van der Waals surface area contributed by atoms with Crippen molar-refractivity contribution in [1.82, 2.24) is 5.32 Å². The van der Waals surface area contributed by atoms with Crippen molar-refractivity contribution in [3.63, 3.8) is 0 Å². The van der Waals surface area contributed by atoms with Crippen molar-refractivity contribution in [2.45, 2.75) is 19.4 Å². The van der Waals surface area contributed by atoms with Crippen LogP contribution in [0.3, 0.4) is 0 Å². The van der Waals surface area contributed by atoms with E-state index in [-0.39, 0.29) is 6.61 Å². The number of halogens is 1. The minimum Gasteiger partial charge on any atom is -0.488 e. The van der Waals surface area contributed by atoms with Crippen LogP contribution in [0, 0.1) is 0 Å². The van der Waals surface area contributed by atoms with Gasteiger partial charge >= 0.3 is 5.97 Å². The number of carboxylic acids is 1. The van der Waals surface area contributed by atoms with Crippen molar-refractivity contribution in [2.24, 2.45) is 0 Å². The van der Waals surface area contributed by atoms with Gasteiger partial charge in [0.05, 0.1) is 5.57 Å². The lowest BCUT2D eigenvalue weighted by Gasteiger charge is -2.23. The van der Waals surface area contributed by atoms with Crippen molar-refractivity contribution in [3.8, 4) is 5.75 Å². The molecular formula is C14H14BrNO4. The second kappa shape index (κ2) is 5.28. The van der Waals surface area contributed by atoms with Crippen LogP contribution in [0.15, 0.2) is 28.2 Å². The fraction of sp³-hybridized carbons (Fsp3) is 0.286. The number of nitrogens with one attached hydrogen (secondary N) is 1. The number of carboxylic acid groups (broad SMARTS) is 1. The number of rotatable bonds is 3. The second-order valence-corrected chi connectivity index (χ2v) is 5.94. The molecule has 2 rings (SSSR count). The summed E-state index contributed by atoms with van der Waals surface area (Å²) in [6, 6.07) is 5.50. The van der Waals surface area contributed by atoms with E-state index in [2.05, 4.69) is 21.2 Å². The minimum atomic E-state index is -1.32. The number of carbonyl (C=O) groups is 2. The van der Waals surface area contributed by atoms with Gasteiger partial charge < -0.3 is 15.2 Å². The smallest absolute Gasteiger partial charge is 0.328 e. The van der Waals surface area contributed by atoms with E-state index in [1.807, 2.05) is 18.2 Å². The van der Waals surface area contributed by atoms with Gasteiger partial charge in [0.15, 0.2) is 0 Å². The largest absolute Gasteiger partial charge is 0.488 e. The highest BCUT2D eigenvalue weighted by molar-refractivity contribution is 9.10. The van der Waals surface area contributed by atoms with Crippen molar-refractivity contribution in [3.05, 3.63) is 33.8 Å². The Morgan fingerprint density at radius 3 is 2.75 bits per heavy atom. The summed E-state index contributed by atoms with van der Waals surface area (Å²) in [6.45, 7) is 2.99. The summed E-state index contributed by atoms with van der Waals surface area (Å²) in [5.74, 6) is -0.836. The molecule has 0 unspecified atom stereocenters. The standard InChI is InChI=1S/C14H14BrNO4/c1-14(2,13(18)19)16-12(17)9-5-8-6-10(15)3-4-11(8)20-7-9/h3-6H,7H2,1-2H3,(H,16,17)(H,18,19). The molecular weight excluding hydrogens is 326 g/mol. The van der Waals surface area contributed by atoms with Crippen LogP contribution >= 0.6 is 15.9 Å². The third-order valence-electron chi connectivity index (χ3n) is 2.94. The fourth-order valence-electron chi connectivity index (χ4n) is 1.70. The molecule has 1 aromatic carbocycles. The Kier molecular flexibility index (Phi) is 3.85. The summed E-state index contributed by atoms with van der Waals surface area (Å²) in [6.07, 6.45) is 1.71. The first kappa shape index (κ1) is 14.6. The quantitative estimate of drug-likeness (QED) is 0.885. The van der Waals surface area contributed by atoms with Crippen LogP contribution in [0.2, 0.25) is 0 Å². The van der Waals surface area contributed by atoms with E-state index in [1.165, 1.54) is 13.8 Å². The van der Waals surface area contributed by atoms with Crippen LogP contribution in [0.1, 0.15) is 19.4 Å². The lowest BCUT2D eigenvalue weighted by Crippen LogP contribution is -2.50. The van der Waals surface area contributed by atoms with Gasteiger partial charge in [-0.15, -0.1) is 0 Å². The summed E-state index contributed by atoms with van der Waals surface area (Å²) in [4.78, 5) is 23.1. The molecule has 106 valence electrons. The molecule has 0 saturated heterocycles. The molecule has 0 radical (unpaired) electrons. The SMILES string of the molecule is CC(C)(NC(=O)C1=Cc2cc(Br)ccc2OC1)C(=O)O. The zero-order valence-electron chi connectivity index (χ0n) is 11.1. The molecule has 0 atom stereocenters. The van der Waals surface area contributed by atoms with E-state index in [4.69, 9.17) is 9.84 Å². The van der Waals surface area contributed by atoms with Crippen molar-refractivity contribution in [1.29, 1.82) is 0 Å². The summed E-state index contributed by atoms with van der Waals surface area (Å²) >= 11 is 3.35. The van der Waals surface area contributed by atoms with Crippen LogP contribution in [-0.4, -0.2) is 29.1 Å². The lowest BCUT2D eigenvalue weighted by atomic mass is 10.0. The predicted molar refractivity (Wildman–Crippen MR) is 77.5 cm³/mol. The first-order valence-corrected chi connectivity index (χ1v) is 6.78. The number of fused-ring (bicyclic) bond motifs is 1. The Morgan fingerprint density at radius 1 is 1.40 bits per heavy atom. The predicted octanol–water partition coefficient (Wildman–Crippen LogP) is 2.20. The van der Waals surface area contributed by atoms with Crippen LogP contribution in [0.4, 0.5) is 0 Å². The molecule has 1 aliphatic rings. The third kappa shape index (κ3) is 3.01. The van der Waals surface area contributed by atoms with Gasteiger partial charge in [0.1, 0.15) is 17.9 Å². The third-order valence-corrected chi connectivity index (χ3v) is 3.43. The lowest BCUT2D eigenvalue weighted by molar-refractivity contribution is -0.145. The maximum absolute atomic E-state index is 12.1. The van der Waals surface area contributed by atoms with E-state index in [9.17, 15) is 9.59 Å². The fourth-order valence-corrected chi connectivity index (χ4v) is 2.08. The maximum atomic E-state index is 12.1. The molecule has 1 aromatic rings. The highest BCUT2D eigenvalue weighted by atomic mass is 79.9. The van der Waals surface area contributed by atoms with Gasteiger partial charge in [0, 0.05) is 10.0 Å². The van der Waals surface area contributed by atoms with Crippen LogP contribution in [0.5, 0.6) is 5.75 Å². The molecule has 0 spiro atoms. The Bertz CT molecular complexity index is 607. The monoisotopic (exact) mass is 339 g/mol. The Morgan fingerprint density at radius 2 is 2.10 bits per heavy atom. The van der Waals surface area contributed by atoms with Crippen molar-refractivity contribution in [2.75, 3.05) is 6.61 Å². The Balaban J connectivity index is 2.22. The van der Waals surface area contributed by atoms with Crippen LogP contribution in [0.25, 0.3) is 6.08 Å². The van der Waals surface area contributed by atoms with Crippen LogP contribution < -0.4 is 10.1 Å². The van der Waals surface area contributed by atoms with Crippen LogP contribution in [-0.2, 0) is 9.59 Å². The van der Waals surface area contributed by atoms with Gasteiger partial charge in [0.25, 0.3) is 5.91 Å². The molecule has 6 heteroatoms. The molecule has 1 aliphatic heterocycles. The first-order chi connectivity index (χ1) is 9.29. The molecule has 0 aliphatic carbocycles. The van der Waals surface area contributed by atoms with Gasteiger partial charge in [0.2, 0.25) is 0 Å². The van der Waals surface area contributed by atoms with Gasteiger partial charge in [-0.1, -0.05) is 15.9 Å². The molecule has 1 amide bonds. The minimum absolute atomic E-state index is 0.121. The number of benzene rings is 1. The maximum Gasteiger partial charge on any atom is 0.328 e. The molecule has 1 heterocycles. The zero-order chi connectivity index (χ0) is 14.9. The van der Waals surface area contributed by atoms with E-state index in [0.717, 1.165) is 10.0 Å². The number of aliphatic carboxylic acids is 1. The van der Waals surface area contributed by atoms with Gasteiger partial charge in [-0.05, 0) is 38.1 Å². The number of hydrogen-bond acceptors (Lipinski definition) is 3. The number of hydrogen-bond donors (Lipinski definition) is 2. The summed E-state index contributed by atoms with van der Waals surface area (Å²) in [5, 5.41) is 11.5. The molecule has 2 N–H and O–H groups in total. The van der Waals surface area contributed by atoms with E-state index in [0.29, 0.717) is 11.3 Å². The number of amides is 1. The van der Waals surface area contributed by atoms with Gasteiger partial charge in [-0.3, -0.25) is 4.79 Å². The van der Waals surface area contributed by atoms with E-state index < -0.39 is 17.4 Å². The number of ether oxygens (including phenoxy) is 1. The summed E-state index contributed by atoms with van der Waals surface area (Å²) in [7, 11) is 0. The molecule has 5 nitrogen and oxygen atoms in total. The highest BCUT2D eigenvalue weighted by Gasteiger charge is 2.30. The molecule has 0 fully saturated rings. The van der Waals surface area contributed by atoms with E-state index >= 15 is 0 Å².